The number of fused-ring (bicyclic) bond motifs is 1. The zero-order valence-corrected chi connectivity index (χ0v) is 18.9. The Kier molecular flexibility index (Phi) is 5.93. The van der Waals surface area contributed by atoms with Crippen LogP contribution in [0.2, 0.25) is 0 Å². The molecule has 0 bridgehead atoms. The molecule has 5 rings (SSSR count). The van der Waals surface area contributed by atoms with Crippen LogP contribution >= 0.6 is 0 Å². The summed E-state index contributed by atoms with van der Waals surface area (Å²) in [6.07, 6.45) is 3.43. The van der Waals surface area contributed by atoms with Crippen LogP contribution in [0.5, 0.6) is 0 Å². The van der Waals surface area contributed by atoms with Crippen molar-refractivity contribution in [3.8, 4) is 0 Å². The van der Waals surface area contributed by atoms with Crippen molar-refractivity contribution < 1.29 is 8.42 Å². The van der Waals surface area contributed by atoms with E-state index < -0.39 is 10.0 Å². The summed E-state index contributed by atoms with van der Waals surface area (Å²) in [7, 11) is -3.75. The Morgan fingerprint density at radius 3 is 2.30 bits per heavy atom. The second-order valence-corrected chi connectivity index (χ2v) is 9.74. The van der Waals surface area contributed by atoms with Gasteiger partial charge in [0.05, 0.1) is 5.52 Å². The highest BCUT2D eigenvalue weighted by atomic mass is 32.2. The molecule has 7 nitrogen and oxygen atoms in total. The summed E-state index contributed by atoms with van der Waals surface area (Å²) >= 11 is 0. The normalized spacial score (nSPS) is 15.0. The van der Waals surface area contributed by atoms with Crippen LogP contribution in [0.4, 0.5) is 11.5 Å². The van der Waals surface area contributed by atoms with Gasteiger partial charge in [-0.25, -0.2) is 13.4 Å². The Morgan fingerprint density at radius 2 is 1.55 bits per heavy atom. The summed E-state index contributed by atoms with van der Waals surface area (Å²) < 4.78 is 28.7. The molecule has 0 atom stereocenters. The van der Waals surface area contributed by atoms with Crippen LogP contribution in [0.3, 0.4) is 0 Å². The largest absolute Gasteiger partial charge is 0.354 e. The maximum Gasteiger partial charge on any atom is 0.264 e. The van der Waals surface area contributed by atoms with Crippen LogP contribution < -0.4 is 9.62 Å². The van der Waals surface area contributed by atoms with E-state index in [-0.39, 0.29) is 4.90 Å². The fraction of sp³-hybridized carbons (Fsp3) is 0.200. The molecule has 0 spiro atoms. The molecule has 2 aromatic carbocycles. The van der Waals surface area contributed by atoms with E-state index in [0.717, 1.165) is 49.5 Å². The number of hydrogen-bond donors (Lipinski definition) is 1. The lowest BCUT2D eigenvalue weighted by molar-refractivity contribution is 0.249. The average molecular weight is 460 g/mol. The Hall–Kier alpha value is -3.49. The fourth-order valence-electron chi connectivity index (χ4n) is 4.12. The predicted molar refractivity (Wildman–Crippen MR) is 131 cm³/mol. The predicted octanol–water partition coefficient (Wildman–Crippen LogP) is 3.75. The maximum absolute atomic E-state index is 13.0. The molecule has 1 saturated heterocycles. The lowest BCUT2D eigenvalue weighted by atomic mass is 10.2. The second kappa shape index (κ2) is 9.17. The highest BCUT2D eigenvalue weighted by molar-refractivity contribution is 7.93. The highest BCUT2D eigenvalue weighted by Crippen LogP contribution is 2.24. The van der Waals surface area contributed by atoms with Crippen LogP contribution in [0, 0.1) is 0 Å². The number of hydrogen-bond acceptors (Lipinski definition) is 6. The van der Waals surface area contributed by atoms with Crippen LogP contribution in [0.1, 0.15) is 5.56 Å². The van der Waals surface area contributed by atoms with Gasteiger partial charge in [-0.05, 0) is 42.0 Å². The molecule has 0 radical (unpaired) electrons. The summed E-state index contributed by atoms with van der Waals surface area (Å²) in [6.45, 7) is 4.62. The van der Waals surface area contributed by atoms with E-state index >= 15 is 0 Å². The average Bonchev–Trinajstić information content (AvgIpc) is 2.86. The minimum Gasteiger partial charge on any atom is -0.354 e. The monoisotopic (exact) mass is 459 g/mol. The summed E-state index contributed by atoms with van der Waals surface area (Å²) in [6, 6.07) is 22.4. The van der Waals surface area contributed by atoms with Crippen LogP contribution in [-0.2, 0) is 16.6 Å². The van der Waals surface area contributed by atoms with E-state index in [4.69, 9.17) is 0 Å². The van der Waals surface area contributed by atoms with Gasteiger partial charge < -0.3 is 4.90 Å². The molecule has 3 heterocycles. The van der Waals surface area contributed by atoms with Crippen molar-refractivity contribution in [1.29, 1.82) is 0 Å². The van der Waals surface area contributed by atoms with Crippen molar-refractivity contribution in [2.24, 2.45) is 0 Å². The van der Waals surface area contributed by atoms with Crippen molar-refractivity contribution in [2.75, 3.05) is 35.8 Å². The van der Waals surface area contributed by atoms with E-state index in [9.17, 15) is 8.42 Å². The molecular formula is C25H25N5O2S. The number of sulfonamides is 1. The molecule has 1 aliphatic rings. The highest BCUT2D eigenvalue weighted by Gasteiger charge is 2.20. The summed E-state index contributed by atoms with van der Waals surface area (Å²) in [5.41, 5.74) is 2.15. The molecule has 0 amide bonds. The standard InChI is InChI=1S/C25H25N5O2S/c31-33(32,23-7-3-5-21-6-4-14-27-25(21)23)28-22-11-9-20(10-12-22)19-29-15-17-30(18-16-29)24-8-1-2-13-26-24/h1-14,28H,15-19H2. The van der Waals surface area contributed by atoms with E-state index in [0.29, 0.717) is 11.2 Å². The number of piperazine rings is 1. The van der Waals surface area contributed by atoms with Gasteiger partial charge in [-0.15, -0.1) is 0 Å². The van der Waals surface area contributed by atoms with Crippen molar-refractivity contribution in [3.05, 3.63) is 90.8 Å². The van der Waals surface area contributed by atoms with Crippen molar-refractivity contribution >= 4 is 32.4 Å². The van der Waals surface area contributed by atoms with Gasteiger partial charge in [0, 0.05) is 56.2 Å². The zero-order chi connectivity index (χ0) is 22.7. The Bertz CT molecular complexity index is 1330. The first-order valence-electron chi connectivity index (χ1n) is 10.9. The summed E-state index contributed by atoms with van der Waals surface area (Å²) in [4.78, 5) is 13.6. The molecule has 0 unspecified atom stereocenters. The topological polar surface area (TPSA) is 78.4 Å². The molecule has 1 N–H and O–H groups in total. The first-order chi connectivity index (χ1) is 16.1. The first kappa shape index (κ1) is 21.4. The molecular weight excluding hydrogens is 434 g/mol. The minimum absolute atomic E-state index is 0.176. The summed E-state index contributed by atoms with van der Waals surface area (Å²) in [5.74, 6) is 1.02. The van der Waals surface area contributed by atoms with Crippen molar-refractivity contribution in [3.63, 3.8) is 0 Å². The van der Waals surface area contributed by atoms with E-state index in [1.165, 1.54) is 0 Å². The molecule has 8 heteroatoms. The minimum atomic E-state index is -3.75. The Balaban J connectivity index is 1.22. The Labute approximate surface area is 193 Å². The molecule has 33 heavy (non-hydrogen) atoms. The van der Waals surface area contributed by atoms with Gasteiger partial charge in [-0.1, -0.05) is 36.4 Å². The SMILES string of the molecule is O=S(=O)(Nc1ccc(CN2CCN(c3ccccn3)CC2)cc1)c1cccc2cccnc12. The molecule has 168 valence electrons. The third-order valence-electron chi connectivity index (χ3n) is 5.84. The van der Waals surface area contributed by atoms with E-state index in [1.54, 1.807) is 24.4 Å². The van der Waals surface area contributed by atoms with Crippen molar-refractivity contribution in [1.82, 2.24) is 14.9 Å². The number of anilines is 2. The quantitative estimate of drug-likeness (QED) is 0.473. The van der Waals surface area contributed by atoms with Crippen LogP contribution in [-0.4, -0.2) is 49.5 Å². The Morgan fingerprint density at radius 1 is 0.788 bits per heavy atom. The van der Waals surface area contributed by atoms with Crippen LogP contribution in [0.25, 0.3) is 10.9 Å². The van der Waals surface area contributed by atoms with Gasteiger partial charge in [0.15, 0.2) is 0 Å². The number of aromatic nitrogens is 2. The van der Waals surface area contributed by atoms with Crippen molar-refractivity contribution in [2.45, 2.75) is 11.4 Å². The second-order valence-electron chi connectivity index (χ2n) is 8.08. The van der Waals surface area contributed by atoms with E-state index in [2.05, 4.69) is 24.5 Å². The third-order valence-corrected chi connectivity index (χ3v) is 7.26. The smallest absolute Gasteiger partial charge is 0.264 e. The molecule has 2 aromatic heterocycles. The lowest BCUT2D eigenvalue weighted by Gasteiger charge is -2.35. The van der Waals surface area contributed by atoms with Gasteiger partial charge in [0.1, 0.15) is 10.7 Å². The van der Waals surface area contributed by atoms with Gasteiger partial charge >= 0.3 is 0 Å². The number of rotatable bonds is 6. The molecule has 0 aliphatic carbocycles. The van der Waals surface area contributed by atoms with Gasteiger partial charge in [0.25, 0.3) is 10.0 Å². The number of para-hydroxylation sites is 1. The van der Waals surface area contributed by atoms with Gasteiger partial charge in [0.2, 0.25) is 0 Å². The zero-order valence-electron chi connectivity index (χ0n) is 18.1. The van der Waals surface area contributed by atoms with Gasteiger partial charge in [-0.2, -0.15) is 0 Å². The third kappa shape index (κ3) is 4.81. The maximum atomic E-state index is 13.0. The molecule has 1 aliphatic heterocycles. The van der Waals surface area contributed by atoms with Gasteiger partial charge in [-0.3, -0.25) is 14.6 Å². The number of pyridine rings is 2. The summed E-state index contributed by atoms with van der Waals surface area (Å²) in [5, 5.41) is 0.791. The molecule has 0 saturated carbocycles. The van der Waals surface area contributed by atoms with E-state index in [1.807, 2.05) is 60.8 Å². The lowest BCUT2D eigenvalue weighted by Crippen LogP contribution is -2.46. The molecule has 4 aromatic rings. The number of nitrogens with one attached hydrogen (secondary N) is 1. The first-order valence-corrected chi connectivity index (χ1v) is 12.4. The molecule has 1 fully saturated rings. The number of nitrogens with zero attached hydrogens (tertiary/aromatic N) is 4. The fourth-order valence-corrected chi connectivity index (χ4v) is 5.35. The number of benzene rings is 2. The van der Waals surface area contributed by atoms with Crippen LogP contribution in [0.15, 0.2) is 90.1 Å².